The zero-order valence-corrected chi connectivity index (χ0v) is 15.2. The Morgan fingerprint density at radius 1 is 1.39 bits per heavy atom. The molecule has 23 heavy (non-hydrogen) atoms. The van der Waals surface area contributed by atoms with Crippen LogP contribution >= 0.6 is 11.3 Å². The van der Waals surface area contributed by atoms with Crippen molar-refractivity contribution in [3.63, 3.8) is 0 Å². The molecule has 6 nitrogen and oxygen atoms in total. The molecule has 0 aromatic carbocycles. The Hall–Kier alpha value is -1.73. The fourth-order valence-corrected chi connectivity index (χ4v) is 3.30. The quantitative estimate of drug-likeness (QED) is 0.619. The maximum Gasteiger partial charge on any atom is 0.348 e. The fraction of sp³-hybridized carbons (Fsp3) is 0.562. The van der Waals surface area contributed by atoms with Crippen molar-refractivity contribution >= 4 is 33.3 Å². The van der Waals surface area contributed by atoms with Gasteiger partial charge in [-0.3, -0.25) is 0 Å². The van der Waals surface area contributed by atoms with Crippen molar-refractivity contribution in [3.8, 4) is 0 Å². The first-order chi connectivity index (χ1) is 10.9. The molecule has 2 aromatic rings. The Kier molecular flexibility index (Phi) is 5.90. The van der Waals surface area contributed by atoms with Gasteiger partial charge in [0, 0.05) is 6.54 Å². The van der Waals surface area contributed by atoms with Crippen LogP contribution in [0.4, 0.5) is 5.82 Å². The predicted molar refractivity (Wildman–Crippen MR) is 94.4 cm³/mol. The Balaban J connectivity index is 2.22. The third-order valence-corrected chi connectivity index (χ3v) is 4.51. The molecule has 2 heterocycles. The standard InChI is InChI=1S/C16H24N4O2S/c1-10(2)22-16(21)13-11(3)12-14(17-7-6-8-20(4)5)18-9-19-15(12)23-13/h9-10H,6-8H2,1-5H3,(H,17,18,19). The van der Waals surface area contributed by atoms with Gasteiger partial charge in [0.1, 0.15) is 21.9 Å². The Morgan fingerprint density at radius 3 is 2.78 bits per heavy atom. The molecule has 126 valence electrons. The first-order valence-electron chi connectivity index (χ1n) is 7.73. The molecular formula is C16H24N4O2S. The summed E-state index contributed by atoms with van der Waals surface area (Å²) in [6.45, 7) is 7.45. The first kappa shape index (κ1) is 17.6. The predicted octanol–water partition coefficient (Wildman–Crippen LogP) is 2.93. The maximum absolute atomic E-state index is 12.2. The van der Waals surface area contributed by atoms with Crippen molar-refractivity contribution in [2.45, 2.75) is 33.3 Å². The van der Waals surface area contributed by atoms with Crippen LogP contribution in [0.25, 0.3) is 10.2 Å². The average molecular weight is 336 g/mol. The third-order valence-electron chi connectivity index (χ3n) is 3.33. The summed E-state index contributed by atoms with van der Waals surface area (Å²) in [7, 11) is 4.11. The minimum atomic E-state index is -0.293. The summed E-state index contributed by atoms with van der Waals surface area (Å²) >= 11 is 1.36. The zero-order valence-electron chi connectivity index (χ0n) is 14.3. The van der Waals surface area contributed by atoms with Crippen LogP contribution in [0.1, 0.15) is 35.5 Å². The topological polar surface area (TPSA) is 67.3 Å². The lowest BCUT2D eigenvalue weighted by molar-refractivity contribution is 0.0383. The Bertz CT molecular complexity index is 682. The SMILES string of the molecule is Cc1c(C(=O)OC(C)C)sc2ncnc(NCCCN(C)C)c12. The Labute approximate surface area is 140 Å². The van der Waals surface area contributed by atoms with E-state index in [2.05, 4.69) is 34.3 Å². The number of fused-ring (bicyclic) bond motifs is 1. The summed E-state index contributed by atoms with van der Waals surface area (Å²) in [6.07, 6.45) is 2.41. The fourth-order valence-electron chi connectivity index (χ4n) is 2.27. The van der Waals surface area contributed by atoms with Gasteiger partial charge in [-0.2, -0.15) is 0 Å². The number of nitrogens with one attached hydrogen (secondary N) is 1. The third kappa shape index (κ3) is 4.39. The molecule has 0 amide bonds. The van der Waals surface area contributed by atoms with Gasteiger partial charge in [0.05, 0.1) is 11.5 Å². The second-order valence-corrected chi connectivity index (χ2v) is 7.00. The molecular weight excluding hydrogens is 312 g/mol. The molecule has 2 aromatic heterocycles. The number of aromatic nitrogens is 2. The van der Waals surface area contributed by atoms with Crippen LogP contribution in [-0.2, 0) is 4.74 Å². The van der Waals surface area contributed by atoms with Crippen LogP contribution in [0.5, 0.6) is 0 Å². The summed E-state index contributed by atoms with van der Waals surface area (Å²) in [4.78, 5) is 24.4. The van der Waals surface area contributed by atoms with Crippen molar-refractivity contribution in [2.24, 2.45) is 0 Å². The minimum Gasteiger partial charge on any atom is -0.459 e. The normalized spacial score (nSPS) is 11.4. The van der Waals surface area contributed by atoms with Gasteiger partial charge >= 0.3 is 5.97 Å². The number of rotatable bonds is 7. The highest BCUT2D eigenvalue weighted by Crippen LogP contribution is 2.33. The average Bonchev–Trinajstić information content (AvgIpc) is 2.81. The number of aryl methyl sites for hydroxylation is 1. The summed E-state index contributed by atoms with van der Waals surface area (Å²) in [5.41, 5.74) is 0.881. The van der Waals surface area contributed by atoms with Crippen molar-refractivity contribution in [1.82, 2.24) is 14.9 Å². The number of carbonyl (C=O) groups is 1. The molecule has 0 spiro atoms. The number of anilines is 1. The van der Waals surface area contributed by atoms with Crippen LogP contribution in [0.15, 0.2) is 6.33 Å². The molecule has 0 saturated carbocycles. The second-order valence-electron chi connectivity index (χ2n) is 6.00. The molecule has 0 atom stereocenters. The highest BCUT2D eigenvalue weighted by molar-refractivity contribution is 7.20. The lowest BCUT2D eigenvalue weighted by Crippen LogP contribution is -2.16. The number of nitrogens with zero attached hydrogens (tertiary/aromatic N) is 3. The number of esters is 1. The van der Waals surface area contributed by atoms with Gasteiger partial charge in [-0.15, -0.1) is 11.3 Å². The molecule has 0 aliphatic heterocycles. The zero-order chi connectivity index (χ0) is 17.0. The number of ether oxygens (including phenoxy) is 1. The molecule has 0 saturated heterocycles. The van der Waals surface area contributed by atoms with Crippen molar-refractivity contribution < 1.29 is 9.53 Å². The summed E-state index contributed by atoms with van der Waals surface area (Å²) in [5.74, 6) is 0.491. The molecule has 0 fully saturated rings. The van der Waals surface area contributed by atoms with Gasteiger partial charge in [-0.1, -0.05) is 0 Å². The van der Waals surface area contributed by atoms with E-state index in [4.69, 9.17) is 4.74 Å². The van der Waals surface area contributed by atoms with Crippen molar-refractivity contribution in [2.75, 3.05) is 32.5 Å². The van der Waals surface area contributed by atoms with Crippen LogP contribution < -0.4 is 5.32 Å². The van der Waals surface area contributed by atoms with E-state index >= 15 is 0 Å². The summed E-state index contributed by atoms with van der Waals surface area (Å²) in [6, 6.07) is 0. The lowest BCUT2D eigenvalue weighted by Gasteiger charge is -2.11. The monoisotopic (exact) mass is 336 g/mol. The molecule has 0 aliphatic carbocycles. The molecule has 7 heteroatoms. The van der Waals surface area contributed by atoms with E-state index in [1.165, 1.54) is 17.7 Å². The van der Waals surface area contributed by atoms with Gasteiger partial charge in [-0.05, 0) is 53.4 Å². The highest BCUT2D eigenvalue weighted by Gasteiger charge is 2.20. The second kappa shape index (κ2) is 7.70. The lowest BCUT2D eigenvalue weighted by atomic mass is 10.2. The van der Waals surface area contributed by atoms with Crippen LogP contribution in [-0.4, -0.2) is 54.1 Å². The van der Waals surface area contributed by atoms with Gasteiger partial charge < -0.3 is 15.0 Å². The molecule has 0 unspecified atom stereocenters. The van der Waals surface area contributed by atoms with E-state index in [0.29, 0.717) is 4.88 Å². The summed E-state index contributed by atoms with van der Waals surface area (Å²) < 4.78 is 5.31. The van der Waals surface area contributed by atoms with Gasteiger partial charge in [0.15, 0.2) is 0 Å². The highest BCUT2D eigenvalue weighted by atomic mass is 32.1. The molecule has 2 rings (SSSR count). The van der Waals surface area contributed by atoms with E-state index in [9.17, 15) is 4.79 Å². The van der Waals surface area contributed by atoms with Gasteiger partial charge in [0.2, 0.25) is 0 Å². The minimum absolute atomic E-state index is 0.137. The number of thiophene rings is 1. The van der Waals surface area contributed by atoms with E-state index < -0.39 is 0 Å². The van der Waals surface area contributed by atoms with Gasteiger partial charge in [-0.25, -0.2) is 14.8 Å². The van der Waals surface area contributed by atoms with Crippen molar-refractivity contribution in [3.05, 3.63) is 16.8 Å². The van der Waals surface area contributed by atoms with E-state index in [1.54, 1.807) is 0 Å². The number of hydrogen-bond donors (Lipinski definition) is 1. The van der Waals surface area contributed by atoms with Gasteiger partial charge in [0.25, 0.3) is 0 Å². The smallest absolute Gasteiger partial charge is 0.348 e. The van der Waals surface area contributed by atoms with Crippen LogP contribution in [0.3, 0.4) is 0 Å². The van der Waals surface area contributed by atoms with E-state index in [1.807, 2.05) is 20.8 Å². The molecule has 0 bridgehead atoms. The molecule has 0 aliphatic rings. The number of hydrogen-bond acceptors (Lipinski definition) is 7. The molecule has 0 radical (unpaired) electrons. The number of carbonyl (C=O) groups excluding carboxylic acids is 1. The largest absolute Gasteiger partial charge is 0.459 e. The molecule has 1 N–H and O–H groups in total. The van der Waals surface area contributed by atoms with E-state index in [0.717, 1.165) is 41.1 Å². The van der Waals surface area contributed by atoms with Crippen LogP contribution in [0, 0.1) is 6.92 Å². The first-order valence-corrected chi connectivity index (χ1v) is 8.55. The summed E-state index contributed by atoms with van der Waals surface area (Å²) in [5, 5.41) is 4.27. The van der Waals surface area contributed by atoms with Crippen molar-refractivity contribution in [1.29, 1.82) is 0 Å². The van der Waals surface area contributed by atoms with E-state index in [-0.39, 0.29) is 12.1 Å². The van der Waals surface area contributed by atoms with Crippen LogP contribution in [0.2, 0.25) is 0 Å². The maximum atomic E-state index is 12.2. The Morgan fingerprint density at radius 2 is 2.13 bits per heavy atom.